The maximum Gasteiger partial charge on any atom is -0.0623 e. The highest BCUT2D eigenvalue weighted by atomic mass is 13.7. The first-order valence-electron chi connectivity index (χ1n) is 2.67. The van der Waals surface area contributed by atoms with Crippen molar-refractivity contribution in [1.82, 2.24) is 0 Å². The fourth-order valence-corrected chi connectivity index (χ4v) is 0.513. The number of allylic oxidation sites excluding steroid dienone is 8. The normalized spacial score (nSPS) is 24.0. The molecule has 0 saturated heterocycles. The second-order valence-corrected chi connectivity index (χ2v) is 1.54. The molecule has 0 heteroatoms. The molecule has 1 aliphatic carbocycles. The van der Waals surface area contributed by atoms with Gasteiger partial charge in [0, 0.05) is 0 Å². The monoisotopic (exact) mass is 104 g/mol. The molecule has 0 amide bonds. The minimum atomic E-state index is 2.00. The highest BCUT2D eigenvalue weighted by molar-refractivity contribution is 5.23. The Labute approximate surface area is 49.5 Å². The summed E-state index contributed by atoms with van der Waals surface area (Å²) in [6.45, 7) is 0. The molecular weight excluding hydrogens is 96.1 g/mol. The Bertz CT molecular complexity index is 101. The van der Waals surface area contributed by atoms with Crippen molar-refractivity contribution in [3.05, 3.63) is 48.6 Å². The Kier molecular flexibility index (Phi) is 1.93. The summed E-state index contributed by atoms with van der Waals surface area (Å²) in [7, 11) is 0. The molecule has 1 rings (SSSR count). The van der Waals surface area contributed by atoms with Crippen molar-refractivity contribution in [2.45, 2.75) is 0 Å². The first-order valence-corrected chi connectivity index (χ1v) is 2.67. The molecule has 0 bridgehead atoms. The maximum atomic E-state index is 2.00. The average Bonchev–Trinajstić information content (AvgIpc) is 1.62. The van der Waals surface area contributed by atoms with E-state index in [1.54, 1.807) is 0 Å². The second-order valence-electron chi connectivity index (χ2n) is 1.54. The lowest BCUT2D eigenvalue weighted by molar-refractivity contribution is 1.81. The molecule has 1 aliphatic rings. The van der Waals surface area contributed by atoms with Crippen LogP contribution in [0.15, 0.2) is 48.6 Å². The van der Waals surface area contributed by atoms with E-state index in [1.165, 1.54) is 0 Å². The fourth-order valence-electron chi connectivity index (χ4n) is 0.513. The van der Waals surface area contributed by atoms with Gasteiger partial charge in [0.25, 0.3) is 0 Å². The summed E-state index contributed by atoms with van der Waals surface area (Å²) in [5.41, 5.74) is 0. The van der Waals surface area contributed by atoms with Crippen LogP contribution in [0.25, 0.3) is 0 Å². The van der Waals surface area contributed by atoms with E-state index in [1.807, 2.05) is 48.6 Å². The lowest BCUT2D eigenvalue weighted by Gasteiger charge is -1.77. The molecule has 0 aliphatic heterocycles. The third-order valence-electron chi connectivity index (χ3n) is 0.889. The summed E-state index contributed by atoms with van der Waals surface area (Å²) < 4.78 is 0. The Hall–Kier alpha value is -1.04. The van der Waals surface area contributed by atoms with Crippen molar-refractivity contribution in [2.75, 3.05) is 0 Å². The molecule has 0 aromatic carbocycles. The van der Waals surface area contributed by atoms with Gasteiger partial charge in [-0.05, 0) is 0 Å². The molecule has 0 heterocycles. The van der Waals surface area contributed by atoms with Gasteiger partial charge >= 0.3 is 0 Å². The molecule has 0 fully saturated rings. The van der Waals surface area contributed by atoms with Crippen LogP contribution in [-0.2, 0) is 0 Å². The number of hydrogen-bond donors (Lipinski definition) is 0. The molecule has 0 saturated carbocycles. The van der Waals surface area contributed by atoms with Gasteiger partial charge in [-0.2, -0.15) is 0 Å². The van der Waals surface area contributed by atoms with E-state index in [0.717, 1.165) is 0 Å². The molecule has 0 nitrogen and oxygen atoms in total. The molecule has 0 unspecified atom stereocenters. The molecule has 0 spiro atoms. The largest absolute Gasteiger partial charge is 0.0623 e. The quantitative estimate of drug-likeness (QED) is 0.442. The van der Waals surface area contributed by atoms with Crippen LogP contribution in [0.2, 0.25) is 0 Å². The maximum absolute atomic E-state index is 2.00. The average molecular weight is 104 g/mol. The van der Waals surface area contributed by atoms with Gasteiger partial charge in [-0.15, -0.1) is 0 Å². The van der Waals surface area contributed by atoms with E-state index in [2.05, 4.69) is 0 Å². The summed E-state index contributed by atoms with van der Waals surface area (Å²) in [4.78, 5) is 0. The third kappa shape index (κ3) is 1.61. The van der Waals surface area contributed by atoms with Crippen LogP contribution in [0.5, 0.6) is 0 Å². The van der Waals surface area contributed by atoms with E-state index in [0.29, 0.717) is 0 Å². The fraction of sp³-hybridized carbons (Fsp3) is 0. The van der Waals surface area contributed by atoms with E-state index in [-0.39, 0.29) is 0 Å². The SMILES string of the molecule is C1=C/C=C\C=C/C=C1. The van der Waals surface area contributed by atoms with E-state index >= 15 is 0 Å². The lowest BCUT2D eigenvalue weighted by Crippen LogP contribution is -1.55. The van der Waals surface area contributed by atoms with Gasteiger partial charge < -0.3 is 0 Å². The molecule has 0 N–H and O–H groups in total. The van der Waals surface area contributed by atoms with Gasteiger partial charge in [-0.25, -0.2) is 0 Å². The van der Waals surface area contributed by atoms with E-state index < -0.39 is 0 Å². The third-order valence-corrected chi connectivity index (χ3v) is 0.889. The zero-order valence-electron chi connectivity index (χ0n) is 4.62. The summed E-state index contributed by atoms with van der Waals surface area (Å²) in [6, 6.07) is 0. The highest BCUT2D eigenvalue weighted by Crippen LogP contribution is 1.87. The molecule has 40 valence electrons. The Morgan fingerprint density at radius 1 is 0.250 bits per heavy atom. The summed E-state index contributed by atoms with van der Waals surface area (Å²) in [5, 5.41) is 0. The number of hydrogen-bond acceptors (Lipinski definition) is 0. The second kappa shape index (κ2) is 3.03. The van der Waals surface area contributed by atoms with Crippen LogP contribution in [-0.4, -0.2) is 0 Å². The van der Waals surface area contributed by atoms with Gasteiger partial charge in [0.1, 0.15) is 0 Å². The Morgan fingerprint density at radius 3 is 0.500 bits per heavy atom. The van der Waals surface area contributed by atoms with E-state index in [4.69, 9.17) is 0 Å². The van der Waals surface area contributed by atoms with Crippen LogP contribution in [0.4, 0.5) is 0 Å². The van der Waals surface area contributed by atoms with Gasteiger partial charge in [-0.1, -0.05) is 48.6 Å². The van der Waals surface area contributed by atoms with Crippen LogP contribution in [0, 0.1) is 0 Å². The first kappa shape index (κ1) is 5.10. The van der Waals surface area contributed by atoms with Gasteiger partial charge in [0.2, 0.25) is 0 Å². The molecular formula is C8H8. The molecule has 0 atom stereocenters. The summed E-state index contributed by atoms with van der Waals surface area (Å²) in [6.07, 6.45) is 16.0. The van der Waals surface area contributed by atoms with E-state index in [9.17, 15) is 0 Å². The summed E-state index contributed by atoms with van der Waals surface area (Å²) in [5.74, 6) is 0. The van der Waals surface area contributed by atoms with Crippen molar-refractivity contribution in [1.29, 1.82) is 0 Å². The van der Waals surface area contributed by atoms with Crippen molar-refractivity contribution >= 4 is 0 Å². The highest BCUT2D eigenvalue weighted by Gasteiger charge is 1.65. The van der Waals surface area contributed by atoms with Crippen LogP contribution in [0.1, 0.15) is 0 Å². The smallest absolute Gasteiger partial charge is 0.0623 e. The topological polar surface area (TPSA) is 0 Å². The number of rotatable bonds is 0. The Morgan fingerprint density at radius 2 is 0.375 bits per heavy atom. The van der Waals surface area contributed by atoms with Crippen molar-refractivity contribution in [2.24, 2.45) is 0 Å². The van der Waals surface area contributed by atoms with Gasteiger partial charge in [-0.3, -0.25) is 0 Å². The summed E-state index contributed by atoms with van der Waals surface area (Å²) >= 11 is 0. The zero-order valence-corrected chi connectivity index (χ0v) is 4.62. The first-order chi connectivity index (χ1) is 4.00. The molecule has 0 aromatic rings. The lowest BCUT2D eigenvalue weighted by atomic mass is 10.3. The van der Waals surface area contributed by atoms with Crippen LogP contribution in [0.3, 0.4) is 0 Å². The van der Waals surface area contributed by atoms with Crippen molar-refractivity contribution in [3.8, 4) is 0 Å². The van der Waals surface area contributed by atoms with Gasteiger partial charge in [0.15, 0.2) is 0 Å². The minimum Gasteiger partial charge on any atom is -0.0623 e. The molecule has 8 heavy (non-hydrogen) atoms. The molecule has 0 radical (unpaired) electrons. The molecule has 0 aromatic heterocycles. The zero-order chi connectivity index (χ0) is 5.66. The minimum absolute atomic E-state index is 2.00. The Balaban J connectivity index is 2.67. The van der Waals surface area contributed by atoms with Gasteiger partial charge in [0.05, 0.1) is 0 Å². The van der Waals surface area contributed by atoms with Crippen LogP contribution < -0.4 is 0 Å². The van der Waals surface area contributed by atoms with Crippen molar-refractivity contribution in [3.63, 3.8) is 0 Å². The van der Waals surface area contributed by atoms with Crippen molar-refractivity contribution < 1.29 is 0 Å². The standard InChI is InChI=1S/C8H8/c1-2-4-6-8-7-5-3-1/h1-8H/b2-1-,3-1?,4-2?,5-3-,6-4?,7-5?,8-6?,8-7?. The predicted molar refractivity (Wildman–Crippen MR) is 36.6 cm³/mol. The predicted octanol–water partition coefficient (Wildman–Crippen LogP) is 2.22. The van der Waals surface area contributed by atoms with Crippen LogP contribution >= 0.6 is 0 Å².